The molecule has 0 aliphatic heterocycles. The molecule has 1 aliphatic carbocycles. The van der Waals surface area contributed by atoms with Gasteiger partial charge >= 0.3 is 0 Å². The molecule has 1 atom stereocenters. The molecule has 112 valence electrons. The molecular formula is C17H21NO2S. The van der Waals surface area contributed by atoms with Gasteiger partial charge in [-0.05, 0) is 54.8 Å². The first-order valence-corrected chi connectivity index (χ1v) is 8.16. The average molecular weight is 303 g/mol. The molecule has 0 amide bonds. The summed E-state index contributed by atoms with van der Waals surface area (Å²) < 4.78 is 10.8. The molecule has 2 aromatic rings. The summed E-state index contributed by atoms with van der Waals surface area (Å²) in [5.41, 5.74) is 3.76. The van der Waals surface area contributed by atoms with Crippen molar-refractivity contribution < 1.29 is 9.47 Å². The molecule has 1 N–H and O–H groups in total. The van der Waals surface area contributed by atoms with Crippen LogP contribution in [0.2, 0.25) is 0 Å². The fourth-order valence-electron chi connectivity index (χ4n) is 2.96. The van der Waals surface area contributed by atoms with Gasteiger partial charge in [-0.2, -0.15) is 0 Å². The minimum atomic E-state index is 0.400. The predicted molar refractivity (Wildman–Crippen MR) is 87.9 cm³/mol. The fraction of sp³-hybridized carbons (Fsp3) is 0.412. The first-order chi connectivity index (χ1) is 10.2. The Kier molecular flexibility index (Phi) is 4.06. The summed E-state index contributed by atoms with van der Waals surface area (Å²) in [6.07, 6.45) is 3.64. The normalized spacial score (nSPS) is 17.2. The number of aryl methyl sites for hydroxylation is 2. The number of fused-ring (bicyclic) bond motifs is 1. The lowest BCUT2D eigenvalue weighted by Crippen LogP contribution is -2.16. The van der Waals surface area contributed by atoms with Crippen LogP contribution < -0.4 is 14.8 Å². The number of benzene rings is 1. The summed E-state index contributed by atoms with van der Waals surface area (Å²) in [6, 6.07) is 6.72. The lowest BCUT2D eigenvalue weighted by Gasteiger charge is -2.26. The van der Waals surface area contributed by atoms with Gasteiger partial charge in [0, 0.05) is 16.6 Å². The van der Waals surface area contributed by atoms with Crippen LogP contribution in [0.25, 0.3) is 0 Å². The highest BCUT2D eigenvalue weighted by atomic mass is 32.1. The van der Waals surface area contributed by atoms with Crippen LogP contribution in [0.1, 0.15) is 34.9 Å². The number of rotatable bonds is 4. The van der Waals surface area contributed by atoms with Gasteiger partial charge in [0.15, 0.2) is 11.5 Å². The zero-order valence-corrected chi connectivity index (χ0v) is 13.5. The maximum Gasteiger partial charge on any atom is 0.162 e. The molecule has 0 spiro atoms. The number of hydrogen-bond acceptors (Lipinski definition) is 4. The first-order valence-electron chi connectivity index (χ1n) is 7.28. The lowest BCUT2D eigenvalue weighted by molar-refractivity contribution is 0.355. The molecule has 0 fully saturated rings. The van der Waals surface area contributed by atoms with Crippen LogP contribution in [0, 0.1) is 6.92 Å². The van der Waals surface area contributed by atoms with Gasteiger partial charge < -0.3 is 14.8 Å². The molecule has 0 radical (unpaired) electrons. The Morgan fingerprint density at radius 3 is 2.71 bits per heavy atom. The van der Waals surface area contributed by atoms with Gasteiger partial charge in [-0.3, -0.25) is 0 Å². The number of nitrogens with one attached hydrogen (secondary N) is 1. The summed E-state index contributed by atoms with van der Waals surface area (Å²) >= 11 is 1.87. The highest BCUT2D eigenvalue weighted by molar-refractivity contribution is 7.10. The maximum absolute atomic E-state index is 5.41. The third-order valence-corrected chi connectivity index (χ3v) is 5.11. The van der Waals surface area contributed by atoms with Crippen molar-refractivity contribution in [3.05, 3.63) is 39.6 Å². The third-order valence-electron chi connectivity index (χ3n) is 4.11. The second-order valence-electron chi connectivity index (χ2n) is 5.41. The number of ether oxygens (including phenoxy) is 2. The molecule has 0 bridgehead atoms. The Hall–Kier alpha value is -1.68. The molecule has 0 saturated carbocycles. The first kappa shape index (κ1) is 14.3. The third kappa shape index (κ3) is 2.72. The Morgan fingerprint density at radius 2 is 1.95 bits per heavy atom. The summed E-state index contributed by atoms with van der Waals surface area (Å²) in [7, 11) is 3.34. The zero-order valence-electron chi connectivity index (χ0n) is 12.7. The lowest BCUT2D eigenvalue weighted by atomic mass is 9.93. The monoisotopic (exact) mass is 303 g/mol. The van der Waals surface area contributed by atoms with Crippen LogP contribution in [-0.4, -0.2) is 14.2 Å². The van der Waals surface area contributed by atoms with Gasteiger partial charge in [0.05, 0.1) is 20.3 Å². The summed E-state index contributed by atoms with van der Waals surface area (Å²) in [4.78, 5) is 1.52. The van der Waals surface area contributed by atoms with Gasteiger partial charge in [-0.25, -0.2) is 0 Å². The standard InChI is InChI=1S/C17H21NO2S/c1-11-9-15(19-2)16(20-3)10-14(11)18-13-5-4-6-17-12(13)7-8-21-17/h7-10,13,18H,4-6H2,1-3H3. The van der Waals surface area contributed by atoms with E-state index in [1.165, 1.54) is 35.3 Å². The Balaban J connectivity index is 1.89. The van der Waals surface area contributed by atoms with Gasteiger partial charge in [-0.15, -0.1) is 11.3 Å². The highest BCUT2D eigenvalue weighted by Crippen LogP contribution is 2.38. The maximum atomic E-state index is 5.41. The van der Waals surface area contributed by atoms with Crippen molar-refractivity contribution in [2.75, 3.05) is 19.5 Å². The molecule has 3 rings (SSSR count). The molecule has 3 nitrogen and oxygen atoms in total. The number of methoxy groups -OCH3 is 2. The van der Waals surface area contributed by atoms with Crippen LogP contribution in [0.3, 0.4) is 0 Å². The van der Waals surface area contributed by atoms with E-state index in [4.69, 9.17) is 9.47 Å². The van der Waals surface area contributed by atoms with E-state index in [2.05, 4.69) is 23.7 Å². The number of anilines is 1. The van der Waals surface area contributed by atoms with Crippen LogP contribution in [0.15, 0.2) is 23.6 Å². The van der Waals surface area contributed by atoms with Gasteiger partial charge in [0.25, 0.3) is 0 Å². The zero-order chi connectivity index (χ0) is 14.8. The van der Waals surface area contributed by atoms with E-state index in [1.807, 2.05) is 23.5 Å². The van der Waals surface area contributed by atoms with Crippen molar-refractivity contribution in [2.24, 2.45) is 0 Å². The van der Waals surface area contributed by atoms with Crippen molar-refractivity contribution >= 4 is 17.0 Å². The van der Waals surface area contributed by atoms with Crippen LogP contribution in [0.5, 0.6) is 11.5 Å². The molecule has 21 heavy (non-hydrogen) atoms. The van der Waals surface area contributed by atoms with Crippen molar-refractivity contribution in [3.63, 3.8) is 0 Å². The van der Waals surface area contributed by atoms with E-state index in [0.29, 0.717) is 6.04 Å². The quantitative estimate of drug-likeness (QED) is 0.898. The van der Waals surface area contributed by atoms with Crippen molar-refractivity contribution in [1.29, 1.82) is 0 Å². The molecule has 1 aromatic carbocycles. The van der Waals surface area contributed by atoms with Crippen LogP contribution in [-0.2, 0) is 6.42 Å². The Morgan fingerprint density at radius 1 is 1.19 bits per heavy atom. The van der Waals surface area contributed by atoms with Gasteiger partial charge in [0.2, 0.25) is 0 Å². The van der Waals surface area contributed by atoms with E-state index < -0.39 is 0 Å². The van der Waals surface area contributed by atoms with Gasteiger partial charge in [0.1, 0.15) is 0 Å². The molecule has 4 heteroatoms. The molecule has 1 aromatic heterocycles. The van der Waals surface area contributed by atoms with Crippen molar-refractivity contribution in [1.82, 2.24) is 0 Å². The largest absolute Gasteiger partial charge is 0.493 e. The van der Waals surface area contributed by atoms with Gasteiger partial charge in [-0.1, -0.05) is 0 Å². The number of hydrogen-bond donors (Lipinski definition) is 1. The van der Waals surface area contributed by atoms with E-state index >= 15 is 0 Å². The van der Waals surface area contributed by atoms with E-state index in [-0.39, 0.29) is 0 Å². The second kappa shape index (κ2) is 5.98. The fourth-order valence-corrected chi connectivity index (χ4v) is 3.95. The topological polar surface area (TPSA) is 30.5 Å². The average Bonchev–Trinajstić information content (AvgIpc) is 2.98. The van der Waals surface area contributed by atoms with Crippen LogP contribution in [0.4, 0.5) is 5.69 Å². The Bertz CT molecular complexity index is 636. The van der Waals surface area contributed by atoms with Crippen molar-refractivity contribution in [2.45, 2.75) is 32.2 Å². The molecule has 1 unspecified atom stereocenters. The van der Waals surface area contributed by atoms with Crippen molar-refractivity contribution in [3.8, 4) is 11.5 Å². The number of thiophene rings is 1. The van der Waals surface area contributed by atoms with E-state index in [9.17, 15) is 0 Å². The molecule has 1 aliphatic rings. The second-order valence-corrected chi connectivity index (χ2v) is 6.41. The smallest absolute Gasteiger partial charge is 0.162 e. The SMILES string of the molecule is COc1cc(C)c(NC2CCCc3sccc32)cc1OC. The van der Waals surface area contributed by atoms with Crippen LogP contribution >= 0.6 is 11.3 Å². The Labute approximate surface area is 129 Å². The minimum absolute atomic E-state index is 0.400. The summed E-state index contributed by atoms with van der Waals surface area (Å²) in [5.74, 6) is 1.55. The molecule has 0 saturated heterocycles. The minimum Gasteiger partial charge on any atom is -0.493 e. The van der Waals surface area contributed by atoms with E-state index in [1.54, 1.807) is 14.2 Å². The highest BCUT2D eigenvalue weighted by Gasteiger charge is 2.22. The summed E-state index contributed by atoms with van der Waals surface area (Å²) in [6.45, 7) is 2.10. The molecular weight excluding hydrogens is 282 g/mol. The predicted octanol–water partition coefficient (Wildman–Crippen LogP) is 4.56. The van der Waals surface area contributed by atoms with E-state index in [0.717, 1.165) is 17.2 Å². The molecule has 1 heterocycles. The summed E-state index contributed by atoms with van der Waals surface area (Å²) in [5, 5.41) is 5.89.